The standard InChI is InChI=1S/C3H9NSe/c1-4-2-3-5/h4-5H,2-3H2,1H3. The second-order valence-corrected chi connectivity index (χ2v) is 1.77. The van der Waals surface area contributed by atoms with Crippen molar-refractivity contribution in [3.63, 3.8) is 0 Å². The van der Waals surface area contributed by atoms with Crippen LogP contribution >= 0.6 is 0 Å². The monoisotopic (exact) mass is 139 g/mol. The van der Waals surface area contributed by atoms with Crippen LogP contribution < -0.4 is 5.32 Å². The molecule has 0 aliphatic heterocycles. The molecule has 5 heavy (non-hydrogen) atoms. The number of nitrogens with one attached hydrogen (secondary N) is 1. The van der Waals surface area contributed by atoms with Crippen LogP contribution in [0, 0.1) is 0 Å². The van der Waals surface area contributed by atoms with E-state index in [1.54, 1.807) is 0 Å². The van der Waals surface area contributed by atoms with Crippen LogP contribution in [-0.4, -0.2) is 29.6 Å². The van der Waals surface area contributed by atoms with Crippen LogP contribution in [-0.2, 0) is 0 Å². The summed E-state index contributed by atoms with van der Waals surface area (Å²) in [6.45, 7) is 1.11. The van der Waals surface area contributed by atoms with Crippen LogP contribution in [0.25, 0.3) is 0 Å². The minimum absolute atomic E-state index is 1.11. The van der Waals surface area contributed by atoms with Crippen LogP contribution in [0.3, 0.4) is 0 Å². The van der Waals surface area contributed by atoms with Crippen LogP contribution in [0.4, 0.5) is 0 Å². The second kappa shape index (κ2) is 4.48. The van der Waals surface area contributed by atoms with E-state index in [0.29, 0.717) is 0 Å². The van der Waals surface area contributed by atoms with E-state index in [1.807, 2.05) is 7.05 Å². The van der Waals surface area contributed by atoms with Crippen molar-refractivity contribution >= 4 is 16.0 Å². The first kappa shape index (κ1) is 5.48. The molecule has 0 rings (SSSR count). The van der Waals surface area contributed by atoms with Crippen molar-refractivity contribution in [3.05, 3.63) is 0 Å². The van der Waals surface area contributed by atoms with Crippen molar-refractivity contribution in [2.24, 2.45) is 0 Å². The van der Waals surface area contributed by atoms with E-state index in [-0.39, 0.29) is 0 Å². The molecule has 0 aromatic carbocycles. The van der Waals surface area contributed by atoms with E-state index < -0.39 is 0 Å². The Balaban J connectivity index is 2.19. The first-order chi connectivity index (χ1) is 2.41. The Morgan fingerprint density at radius 1 is 1.80 bits per heavy atom. The van der Waals surface area contributed by atoms with Gasteiger partial charge < -0.3 is 0 Å². The van der Waals surface area contributed by atoms with Gasteiger partial charge in [0, 0.05) is 0 Å². The molecule has 0 atom stereocenters. The first-order valence-corrected chi connectivity index (χ1v) is 3.00. The summed E-state index contributed by atoms with van der Waals surface area (Å²) in [5.74, 6) is 0. The van der Waals surface area contributed by atoms with Crippen molar-refractivity contribution in [2.45, 2.75) is 5.32 Å². The van der Waals surface area contributed by atoms with Gasteiger partial charge in [0.1, 0.15) is 0 Å². The van der Waals surface area contributed by atoms with Crippen LogP contribution in [0.5, 0.6) is 0 Å². The Labute approximate surface area is 41.0 Å². The molecule has 0 spiro atoms. The van der Waals surface area contributed by atoms with Gasteiger partial charge in [-0.2, -0.15) is 0 Å². The van der Waals surface area contributed by atoms with Crippen molar-refractivity contribution in [1.82, 2.24) is 5.32 Å². The SMILES string of the molecule is CNCC[SeH]. The molecule has 1 nitrogen and oxygen atoms in total. The van der Waals surface area contributed by atoms with E-state index >= 15 is 0 Å². The average Bonchev–Trinajstić information content (AvgIpc) is 1.41. The van der Waals surface area contributed by atoms with Gasteiger partial charge >= 0.3 is 40.2 Å². The molecule has 32 valence electrons. The van der Waals surface area contributed by atoms with Gasteiger partial charge in [-0.25, -0.2) is 0 Å². The van der Waals surface area contributed by atoms with E-state index in [1.165, 1.54) is 5.32 Å². The Morgan fingerprint density at radius 3 is 2.40 bits per heavy atom. The fourth-order valence-electron chi connectivity index (χ4n) is 0.112. The van der Waals surface area contributed by atoms with Gasteiger partial charge in [-0.15, -0.1) is 0 Å². The predicted octanol–water partition coefficient (Wildman–Crippen LogP) is -0.475. The Bertz CT molecular complexity index is 14.4. The summed E-state index contributed by atoms with van der Waals surface area (Å²) in [7, 11) is 1.95. The fourth-order valence-corrected chi connectivity index (χ4v) is 0.581. The zero-order valence-corrected chi connectivity index (χ0v) is 5.24. The van der Waals surface area contributed by atoms with Gasteiger partial charge in [0.2, 0.25) is 0 Å². The van der Waals surface area contributed by atoms with Gasteiger partial charge in [-0.1, -0.05) is 0 Å². The number of hydrogen-bond donors (Lipinski definition) is 1. The molecule has 0 aromatic rings. The molecule has 0 amide bonds. The molecule has 0 heterocycles. The molecular weight excluding hydrogens is 129 g/mol. The molecule has 2 heteroatoms. The molecule has 0 aliphatic carbocycles. The molecule has 0 bridgehead atoms. The number of hydrogen-bond acceptors (Lipinski definition) is 1. The minimum atomic E-state index is 1.11. The molecule has 1 N–H and O–H groups in total. The maximum atomic E-state index is 3.00. The number of rotatable bonds is 2. The fraction of sp³-hybridized carbons (Fsp3) is 1.00. The molecule has 0 unspecified atom stereocenters. The molecular formula is C3H9NSe. The topological polar surface area (TPSA) is 12.0 Å². The second-order valence-electron chi connectivity index (χ2n) is 0.827. The summed E-state index contributed by atoms with van der Waals surface area (Å²) in [5, 5.41) is 4.17. The quantitative estimate of drug-likeness (QED) is 0.508. The van der Waals surface area contributed by atoms with E-state index in [0.717, 1.165) is 6.54 Å². The van der Waals surface area contributed by atoms with E-state index in [9.17, 15) is 0 Å². The molecule has 0 aromatic heterocycles. The summed E-state index contributed by atoms with van der Waals surface area (Å²) >= 11 is 2.52. The molecule has 0 saturated heterocycles. The van der Waals surface area contributed by atoms with Gasteiger partial charge in [-0.05, 0) is 0 Å². The normalized spacial score (nSPS) is 8.40. The predicted molar refractivity (Wildman–Crippen MR) is 25.9 cm³/mol. The Morgan fingerprint density at radius 2 is 2.40 bits per heavy atom. The first-order valence-electron chi connectivity index (χ1n) is 1.67. The summed E-state index contributed by atoms with van der Waals surface area (Å²) in [6, 6.07) is 0. The Kier molecular flexibility index (Phi) is 4.91. The summed E-state index contributed by atoms with van der Waals surface area (Å²) < 4.78 is 0. The van der Waals surface area contributed by atoms with Crippen LogP contribution in [0.15, 0.2) is 0 Å². The third kappa shape index (κ3) is 4.48. The van der Waals surface area contributed by atoms with Gasteiger partial charge in [-0.3, -0.25) is 0 Å². The van der Waals surface area contributed by atoms with Gasteiger partial charge in [0.15, 0.2) is 0 Å². The summed E-state index contributed by atoms with van der Waals surface area (Å²) in [5.41, 5.74) is 0. The Hall–Kier alpha value is 0.479. The van der Waals surface area contributed by atoms with Crippen molar-refractivity contribution < 1.29 is 0 Å². The average molecular weight is 138 g/mol. The third-order valence-corrected chi connectivity index (χ3v) is 0.831. The van der Waals surface area contributed by atoms with Gasteiger partial charge in [0.05, 0.1) is 0 Å². The van der Waals surface area contributed by atoms with Crippen LogP contribution in [0.2, 0.25) is 5.32 Å². The van der Waals surface area contributed by atoms with E-state index in [2.05, 4.69) is 21.3 Å². The molecule has 0 fully saturated rings. The van der Waals surface area contributed by atoms with E-state index in [4.69, 9.17) is 0 Å². The van der Waals surface area contributed by atoms with Gasteiger partial charge in [0.25, 0.3) is 0 Å². The maximum absolute atomic E-state index is 3.00. The molecule has 0 saturated carbocycles. The van der Waals surface area contributed by atoms with Crippen LogP contribution in [0.1, 0.15) is 0 Å². The van der Waals surface area contributed by atoms with Crippen molar-refractivity contribution in [1.29, 1.82) is 0 Å². The molecule has 0 radical (unpaired) electrons. The van der Waals surface area contributed by atoms with Crippen molar-refractivity contribution in [3.8, 4) is 0 Å². The zero-order valence-electron chi connectivity index (χ0n) is 3.36. The van der Waals surface area contributed by atoms with Crippen molar-refractivity contribution in [2.75, 3.05) is 13.6 Å². The zero-order chi connectivity index (χ0) is 4.12. The summed E-state index contributed by atoms with van der Waals surface area (Å²) in [6.07, 6.45) is 0. The summed E-state index contributed by atoms with van der Waals surface area (Å²) in [4.78, 5) is 0. The molecule has 0 aliphatic rings. The third-order valence-electron chi connectivity index (χ3n) is 0.362.